The van der Waals surface area contributed by atoms with E-state index < -0.39 is 10.8 Å². The van der Waals surface area contributed by atoms with Gasteiger partial charge in [-0.05, 0) is 24.6 Å². The van der Waals surface area contributed by atoms with E-state index in [0.29, 0.717) is 10.7 Å². The highest BCUT2D eigenvalue weighted by Crippen LogP contribution is 2.21. The number of carbonyl (C=O) groups is 1. The molecule has 116 valence electrons. The maximum Gasteiger partial charge on any atom is 0.306 e. The van der Waals surface area contributed by atoms with Crippen LogP contribution in [0.4, 0.5) is 11.4 Å². The van der Waals surface area contributed by atoms with E-state index in [1.807, 2.05) is 13.0 Å². The molecule has 0 bridgehead atoms. The van der Waals surface area contributed by atoms with Gasteiger partial charge in [0.05, 0.1) is 17.4 Å². The van der Waals surface area contributed by atoms with Crippen LogP contribution in [0.1, 0.15) is 12.5 Å². The topological polar surface area (TPSA) is 90.1 Å². The third-order valence-corrected chi connectivity index (χ3v) is 3.43. The number of halogens is 1. The molecule has 2 aromatic rings. The summed E-state index contributed by atoms with van der Waals surface area (Å²) in [5.74, 6) is -0.610. The second-order valence-electron chi connectivity index (χ2n) is 5.03. The normalized spacial score (nSPS) is 12.0. The quantitative estimate of drug-likeness (QED) is 0.676. The first-order valence-electron chi connectivity index (χ1n) is 6.60. The molecule has 0 saturated carbocycles. The third kappa shape index (κ3) is 3.82. The highest BCUT2D eigenvalue weighted by atomic mass is 35.5. The van der Waals surface area contributed by atoms with E-state index in [-0.39, 0.29) is 18.1 Å². The van der Waals surface area contributed by atoms with Crippen molar-refractivity contribution >= 4 is 28.9 Å². The number of amides is 1. The summed E-state index contributed by atoms with van der Waals surface area (Å²) in [6, 6.07) is 5.25. The number of nitro groups is 1. The monoisotopic (exact) mass is 322 g/mol. The lowest BCUT2D eigenvalue weighted by molar-refractivity contribution is -0.385. The zero-order valence-electron chi connectivity index (χ0n) is 12.1. The standard InChI is InChI=1S/C14H15ClN4O3/c1-9-3-4-11(15)5-13(9)17-14(20)10(2)7-18-8-12(6-16-18)19(21)22/h3-6,8,10H,7H2,1-2H3,(H,17,20). The molecule has 0 aliphatic heterocycles. The second kappa shape index (κ2) is 6.57. The maximum absolute atomic E-state index is 12.2. The fourth-order valence-electron chi connectivity index (χ4n) is 1.90. The number of anilines is 1. The van der Waals surface area contributed by atoms with E-state index in [2.05, 4.69) is 10.4 Å². The van der Waals surface area contributed by atoms with Crippen LogP contribution in [0.2, 0.25) is 5.02 Å². The van der Waals surface area contributed by atoms with Gasteiger partial charge in [0.15, 0.2) is 0 Å². The van der Waals surface area contributed by atoms with E-state index >= 15 is 0 Å². The lowest BCUT2D eigenvalue weighted by Crippen LogP contribution is -2.25. The van der Waals surface area contributed by atoms with Gasteiger partial charge in [-0.3, -0.25) is 19.6 Å². The average molecular weight is 323 g/mol. The smallest absolute Gasteiger partial charge is 0.306 e. The number of hydrogen-bond donors (Lipinski definition) is 1. The van der Waals surface area contributed by atoms with Gasteiger partial charge in [-0.1, -0.05) is 24.6 Å². The van der Waals surface area contributed by atoms with Gasteiger partial charge >= 0.3 is 5.69 Å². The molecular weight excluding hydrogens is 308 g/mol. The second-order valence-corrected chi connectivity index (χ2v) is 5.46. The van der Waals surface area contributed by atoms with Gasteiger partial charge in [0.25, 0.3) is 0 Å². The number of nitrogens with zero attached hydrogens (tertiary/aromatic N) is 3. The Hall–Kier alpha value is -2.41. The van der Waals surface area contributed by atoms with E-state index in [9.17, 15) is 14.9 Å². The number of aromatic nitrogens is 2. The molecule has 1 aromatic heterocycles. The molecule has 1 heterocycles. The SMILES string of the molecule is Cc1ccc(Cl)cc1NC(=O)C(C)Cn1cc([N+](=O)[O-])cn1. The minimum atomic E-state index is -0.524. The van der Waals surface area contributed by atoms with Crippen molar-refractivity contribution in [3.63, 3.8) is 0 Å². The number of rotatable bonds is 5. The summed E-state index contributed by atoms with van der Waals surface area (Å²) in [5.41, 5.74) is 1.45. The van der Waals surface area contributed by atoms with E-state index in [1.165, 1.54) is 10.9 Å². The molecular formula is C14H15ClN4O3. The molecule has 0 fully saturated rings. The maximum atomic E-state index is 12.2. The first kappa shape index (κ1) is 16.0. The lowest BCUT2D eigenvalue weighted by atomic mass is 10.1. The molecule has 22 heavy (non-hydrogen) atoms. The first-order chi connectivity index (χ1) is 10.4. The van der Waals surface area contributed by atoms with Gasteiger partial charge in [0.2, 0.25) is 5.91 Å². The molecule has 8 heteroatoms. The Bertz CT molecular complexity index is 714. The van der Waals surface area contributed by atoms with Crippen molar-refractivity contribution in [3.05, 3.63) is 51.3 Å². The van der Waals surface area contributed by atoms with E-state index in [0.717, 1.165) is 11.8 Å². The summed E-state index contributed by atoms with van der Waals surface area (Å²) in [6.07, 6.45) is 2.46. The molecule has 1 amide bonds. The summed E-state index contributed by atoms with van der Waals surface area (Å²) in [5, 5.41) is 17.8. The van der Waals surface area contributed by atoms with Crippen LogP contribution in [0.15, 0.2) is 30.6 Å². The zero-order valence-corrected chi connectivity index (χ0v) is 12.9. The highest BCUT2D eigenvalue weighted by Gasteiger charge is 2.17. The van der Waals surface area contributed by atoms with Gasteiger partial charge in [-0.15, -0.1) is 0 Å². The van der Waals surface area contributed by atoms with Crippen molar-refractivity contribution in [2.75, 3.05) is 5.32 Å². The Morgan fingerprint density at radius 1 is 1.55 bits per heavy atom. The van der Waals surface area contributed by atoms with E-state index in [4.69, 9.17) is 11.6 Å². The third-order valence-electron chi connectivity index (χ3n) is 3.20. The molecule has 1 atom stereocenters. The van der Waals surface area contributed by atoms with E-state index in [1.54, 1.807) is 19.1 Å². The Morgan fingerprint density at radius 3 is 2.91 bits per heavy atom. The average Bonchev–Trinajstić information content (AvgIpc) is 2.91. The van der Waals surface area contributed by atoms with Gasteiger partial charge in [-0.25, -0.2) is 0 Å². The summed E-state index contributed by atoms with van der Waals surface area (Å²) in [6.45, 7) is 3.84. The number of carbonyl (C=O) groups excluding carboxylic acids is 1. The summed E-state index contributed by atoms with van der Waals surface area (Å²) < 4.78 is 1.38. The molecule has 1 N–H and O–H groups in total. The number of aryl methyl sites for hydroxylation is 1. The minimum absolute atomic E-state index is 0.0988. The van der Waals surface area contributed by atoms with Gasteiger partial charge in [0, 0.05) is 10.7 Å². The largest absolute Gasteiger partial charge is 0.326 e. The molecule has 1 aromatic carbocycles. The number of nitrogens with one attached hydrogen (secondary N) is 1. The number of hydrogen-bond acceptors (Lipinski definition) is 4. The van der Waals surface area contributed by atoms with Crippen LogP contribution in [0.25, 0.3) is 0 Å². The van der Waals surface area contributed by atoms with Crippen molar-refractivity contribution < 1.29 is 9.72 Å². The molecule has 0 radical (unpaired) electrons. The van der Waals surface area contributed by atoms with Crippen molar-refractivity contribution in [3.8, 4) is 0 Å². The lowest BCUT2D eigenvalue weighted by Gasteiger charge is -2.14. The van der Waals surface area contributed by atoms with Crippen LogP contribution in [0.3, 0.4) is 0 Å². The van der Waals surface area contributed by atoms with Crippen LogP contribution >= 0.6 is 11.6 Å². The van der Waals surface area contributed by atoms with Crippen LogP contribution in [-0.4, -0.2) is 20.6 Å². The summed E-state index contributed by atoms with van der Waals surface area (Å²) >= 11 is 5.91. The van der Waals surface area contributed by atoms with Crippen LogP contribution in [0, 0.1) is 23.0 Å². The molecule has 1 unspecified atom stereocenters. The van der Waals surface area contributed by atoms with Crippen LogP contribution in [-0.2, 0) is 11.3 Å². The fraction of sp³-hybridized carbons (Fsp3) is 0.286. The Morgan fingerprint density at radius 2 is 2.27 bits per heavy atom. The predicted octanol–water partition coefficient (Wildman–Crippen LogP) is 3.03. The zero-order chi connectivity index (χ0) is 16.3. The molecule has 0 spiro atoms. The Kier molecular flexibility index (Phi) is 4.77. The molecule has 2 rings (SSSR count). The summed E-state index contributed by atoms with van der Waals surface area (Å²) in [7, 11) is 0. The molecule has 0 aliphatic carbocycles. The Balaban J connectivity index is 2.02. The van der Waals surface area contributed by atoms with Gasteiger partial charge in [0.1, 0.15) is 12.4 Å². The van der Waals surface area contributed by atoms with Crippen LogP contribution < -0.4 is 5.32 Å². The Labute approximate surface area is 132 Å². The predicted molar refractivity (Wildman–Crippen MR) is 82.9 cm³/mol. The van der Waals surface area contributed by atoms with Crippen molar-refractivity contribution in [1.82, 2.24) is 9.78 Å². The summed E-state index contributed by atoms with van der Waals surface area (Å²) in [4.78, 5) is 22.3. The van der Waals surface area contributed by atoms with Crippen molar-refractivity contribution in [2.45, 2.75) is 20.4 Å². The van der Waals surface area contributed by atoms with Crippen molar-refractivity contribution in [1.29, 1.82) is 0 Å². The molecule has 0 aliphatic rings. The highest BCUT2D eigenvalue weighted by molar-refractivity contribution is 6.31. The fourth-order valence-corrected chi connectivity index (χ4v) is 2.07. The first-order valence-corrected chi connectivity index (χ1v) is 6.98. The van der Waals surface area contributed by atoms with Gasteiger partial charge < -0.3 is 5.32 Å². The number of benzene rings is 1. The molecule has 0 saturated heterocycles. The van der Waals surface area contributed by atoms with Crippen LogP contribution in [0.5, 0.6) is 0 Å². The molecule has 7 nitrogen and oxygen atoms in total. The minimum Gasteiger partial charge on any atom is -0.326 e. The van der Waals surface area contributed by atoms with Gasteiger partial charge in [-0.2, -0.15) is 5.10 Å². The van der Waals surface area contributed by atoms with Crippen molar-refractivity contribution in [2.24, 2.45) is 5.92 Å².